The van der Waals surface area contributed by atoms with Crippen LogP contribution in [0.3, 0.4) is 0 Å². The molecule has 0 aromatic rings. The molecule has 0 saturated heterocycles. The quantitative estimate of drug-likeness (QED) is 0.255. The van der Waals surface area contributed by atoms with Crippen LogP contribution in [0.4, 0.5) is 0 Å². The molecule has 8 nitrogen and oxygen atoms in total. The number of rotatable bonds is 8. The molecule has 0 radical (unpaired) electrons. The van der Waals surface area contributed by atoms with Gasteiger partial charge in [0.25, 0.3) is 0 Å². The average Bonchev–Trinajstić information content (AvgIpc) is 2.33. The smallest absolute Gasteiger partial charge is 0.299 e. The Bertz CT molecular complexity index is 347. The maximum Gasteiger partial charge on any atom is 0.349 e. The van der Waals surface area contributed by atoms with Gasteiger partial charge in [-0.15, -0.1) is 0 Å². The van der Waals surface area contributed by atoms with E-state index in [1.54, 1.807) is 27.7 Å². The summed E-state index contributed by atoms with van der Waals surface area (Å²) >= 11 is 0. The van der Waals surface area contributed by atoms with Crippen molar-refractivity contribution in [1.29, 1.82) is 0 Å². The van der Waals surface area contributed by atoms with Crippen LogP contribution in [0.15, 0.2) is 0 Å². The molecule has 0 atom stereocenters. The van der Waals surface area contributed by atoms with Gasteiger partial charge in [-0.1, -0.05) is 0 Å². The van der Waals surface area contributed by atoms with Gasteiger partial charge in [0.2, 0.25) is 0 Å². The van der Waals surface area contributed by atoms with E-state index < -0.39 is 11.9 Å². The molecule has 0 aromatic heterocycles. The molecule has 0 fully saturated rings. The summed E-state index contributed by atoms with van der Waals surface area (Å²) in [5.41, 5.74) is 0. The van der Waals surface area contributed by atoms with Crippen LogP contribution < -0.4 is 0 Å². The molecule has 0 amide bonds. The van der Waals surface area contributed by atoms with Crippen molar-refractivity contribution in [2.75, 3.05) is 0 Å². The monoisotopic (exact) mass is 416 g/mol. The van der Waals surface area contributed by atoms with Crippen molar-refractivity contribution in [1.82, 2.24) is 0 Å². The first-order valence-corrected chi connectivity index (χ1v) is 6.75. The maximum atomic E-state index is 10.6. The van der Waals surface area contributed by atoms with E-state index >= 15 is 0 Å². The third-order valence-electron chi connectivity index (χ3n) is 1.45. The predicted octanol–water partition coefficient (Wildman–Crippen LogP) is 1.69. The Balaban J connectivity index is -0.000000154. The van der Waals surface area contributed by atoms with Crippen molar-refractivity contribution in [3.63, 3.8) is 0 Å². The van der Waals surface area contributed by atoms with E-state index in [0.29, 0.717) is 0 Å². The van der Waals surface area contributed by atoms with Crippen molar-refractivity contribution >= 4 is 23.5 Å². The van der Waals surface area contributed by atoms with E-state index in [-0.39, 0.29) is 80.1 Å². The molecule has 0 spiro atoms. The minimum Gasteiger partial charge on any atom is -0.299 e. The molecule has 0 unspecified atom stereocenters. The van der Waals surface area contributed by atoms with Gasteiger partial charge in [0, 0.05) is 43.4 Å². The van der Waals surface area contributed by atoms with Gasteiger partial charge < -0.3 is 0 Å². The third-order valence-corrected chi connectivity index (χ3v) is 1.45. The van der Waals surface area contributed by atoms with Gasteiger partial charge in [0.05, 0.1) is 12.2 Å². The van der Waals surface area contributed by atoms with Gasteiger partial charge >= 0.3 is 11.9 Å². The first-order valence-electron chi connectivity index (χ1n) is 6.75. The van der Waals surface area contributed by atoms with Gasteiger partial charge in [0.1, 0.15) is 24.4 Å². The first kappa shape index (κ1) is 31.4. The second-order valence-corrected chi connectivity index (χ2v) is 4.96. The van der Waals surface area contributed by atoms with Crippen LogP contribution in [-0.2, 0) is 82.2 Å². The molecule has 0 aromatic carbocycles. The van der Waals surface area contributed by atoms with Crippen LogP contribution in [0.25, 0.3) is 0 Å². The Kier molecular flexibility index (Phi) is 24.8. The Labute approximate surface area is 171 Å². The van der Waals surface area contributed by atoms with Crippen molar-refractivity contribution in [3.05, 3.63) is 0 Å². The molecule has 10 heteroatoms. The zero-order valence-corrected chi connectivity index (χ0v) is 18.0. The Hall–Kier alpha value is -0.371. The number of carbonyl (C=O) groups excluding carboxylic acids is 4. The molecule has 136 valence electrons. The van der Waals surface area contributed by atoms with E-state index in [9.17, 15) is 19.2 Å². The van der Waals surface area contributed by atoms with Gasteiger partial charge in [0.15, 0.2) is 0 Å². The van der Waals surface area contributed by atoms with Crippen molar-refractivity contribution in [2.45, 2.75) is 66.6 Å². The topological polar surface area (TPSA) is 105 Å². The van der Waals surface area contributed by atoms with Crippen molar-refractivity contribution in [3.8, 4) is 0 Å². The minimum atomic E-state index is -0.647. The van der Waals surface area contributed by atoms with E-state index in [1.165, 1.54) is 13.8 Å². The molecule has 0 aliphatic carbocycles. The molecule has 24 heavy (non-hydrogen) atoms. The average molecular weight is 416 g/mol. The molecular formula is C14H24O8Ti2. The molecule has 0 aliphatic heterocycles. The molecular weight excluding hydrogens is 392 g/mol. The van der Waals surface area contributed by atoms with Crippen LogP contribution in [0, 0.1) is 0 Å². The Morgan fingerprint density at radius 2 is 0.917 bits per heavy atom. The number of Topliss-reactive ketones (excluding diaryl/α,β-unsaturated/α-hetero) is 2. The van der Waals surface area contributed by atoms with Crippen LogP contribution in [0.2, 0.25) is 0 Å². The van der Waals surface area contributed by atoms with Crippen LogP contribution in [-0.4, -0.2) is 35.7 Å². The number of hydrogen-bond donors (Lipinski definition) is 0. The number of ketones is 2. The zero-order valence-electron chi connectivity index (χ0n) is 14.8. The van der Waals surface area contributed by atoms with E-state index in [0.717, 1.165) is 0 Å². The van der Waals surface area contributed by atoms with E-state index in [4.69, 9.17) is 0 Å². The molecule has 0 saturated carbocycles. The predicted molar refractivity (Wildman–Crippen MR) is 75.2 cm³/mol. The summed E-state index contributed by atoms with van der Waals surface area (Å²) in [7, 11) is 0. The van der Waals surface area contributed by atoms with Crippen LogP contribution in [0.1, 0.15) is 54.4 Å². The summed E-state index contributed by atoms with van der Waals surface area (Å²) in [6, 6.07) is 0. The molecule has 0 aliphatic rings. The second kappa shape index (κ2) is 19.0. The van der Waals surface area contributed by atoms with Crippen molar-refractivity contribution in [2.24, 2.45) is 0 Å². The van der Waals surface area contributed by atoms with E-state index in [2.05, 4.69) is 19.6 Å². The summed E-state index contributed by atoms with van der Waals surface area (Å²) in [5, 5.41) is 0. The SMILES string of the molecule is CC(=O)CC(=O)OOC(C)C.CC(=O)CC(=O)OOC(C)C.[Ti].[Ti]. The zero-order chi connectivity index (χ0) is 17.7. The van der Waals surface area contributed by atoms with Crippen LogP contribution >= 0.6 is 0 Å². The largest absolute Gasteiger partial charge is 0.349 e. The normalized spacial score (nSPS) is 9.00. The fourth-order valence-corrected chi connectivity index (χ4v) is 0.765. The molecule has 0 heterocycles. The third kappa shape index (κ3) is 29.6. The molecule has 0 rings (SSSR count). The molecule has 0 N–H and O–H groups in total. The summed E-state index contributed by atoms with van der Waals surface area (Å²) in [4.78, 5) is 59.4. The number of carbonyl (C=O) groups is 4. The summed E-state index contributed by atoms with van der Waals surface area (Å²) in [6.07, 6.45) is -0.809. The minimum absolute atomic E-state index is 0. The van der Waals surface area contributed by atoms with Gasteiger partial charge in [-0.3, -0.25) is 19.4 Å². The Morgan fingerprint density at radius 1 is 0.667 bits per heavy atom. The summed E-state index contributed by atoms with van der Waals surface area (Å²) in [5.74, 6) is -1.76. The fraction of sp³-hybridized carbons (Fsp3) is 0.714. The second-order valence-electron chi connectivity index (χ2n) is 4.96. The fourth-order valence-electron chi connectivity index (χ4n) is 0.765. The van der Waals surface area contributed by atoms with E-state index in [1.807, 2.05) is 0 Å². The summed E-state index contributed by atoms with van der Waals surface area (Å²) < 4.78 is 0. The van der Waals surface area contributed by atoms with Gasteiger partial charge in [-0.05, 0) is 41.5 Å². The number of hydrogen-bond acceptors (Lipinski definition) is 8. The van der Waals surface area contributed by atoms with Crippen LogP contribution in [0.5, 0.6) is 0 Å². The summed E-state index contributed by atoms with van der Waals surface area (Å²) in [6.45, 7) is 9.53. The molecule has 0 bridgehead atoms. The Morgan fingerprint density at radius 3 is 1.08 bits per heavy atom. The van der Waals surface area contributed by atoms with Crippen molar-refractivity contribution < 1.29 is 82.2 Å². The maximum absolute atomic E-state index is 10.6. The standard InChI is InChI=1S/2C7H12O4.2Ti/c2*1-5(2)10-11-7(9)4-6(3)8;;/h2*5H,4H2,1-3H3;;. The van der Waals surface area contributed by atoms with Gasteiger partial charge in [-0.2, -0.15) is 9.78 Å². The first-order chi connectivity index (χ1) is 10.0. The van der Waals surface area contributed by atoms with Gasteiger partial charge in [-0.25, -0.2) is 9.59 Å².